The summed E-state index contributed by atoms with van der Waals surface area (Å²) in [7, 11) is 0. The molecule has 2 fully saturated rings. The number of amides is 1. The first kappa shape index (κ1) is 12.5. The zero-order valence-corrected chi connectivity index (χ0v) is 11.3. The minimum atomic E-state index is 0.253. The van der Waals surface area contributed by atoms with E-state index in [4.69, 9.17) is 4.74 Å². The van der Waals surface area contributed by atoms with Crippen LogP contribution in [0.3, 0.4) is 0 Å². The van der Waals surface area contributed by atoms with Crippen LogP contribution in [0.25, 0.3) is 0 Å². The van der Waals surface area contributed by atoms with Gasteiger partial charge in [-0.25, -0.2) is 0 Å². The highest BCUT2D eigenvalue weighted by molar-refractivity contribution is 5.96. The smallest absolute Gasteiger partial charge is 0.227 e. The molecule has 1 aromatic carbocycles. The lowest BCUT2D eigenvalue weighted by atomic mass is 9.93. The van der Waals surface area contributed by atoms with Gasteiger partial charge in [-0.05, 0) is 50.1 Å². The third kappa shape index (κ3) is 2.32. The van der Waals surface area contributed by atoms with E-state index < -0.39 is 0 Å². The van der Waals surface area contributed by atoms with Gasteiger partial charge >= 0.3 is 0 Å². The van der Waals surface area contributed by atoms with E-state index in [1.54, 1.807) is 0 Å². The summed E-state index contributed by atoms with van der Waals surface area (Å²) < 4.78 is 5.44. The van der Waals surface area contributed by atoms with E-state index in [2.05, 4.69) is 5.32 Å². The Morgan fingerprint density at radius 1 is 1.37 bits per heavy atom. The molecule has 1 amide bonds. The maximum Gasteiger partial charge on any atom is 0.227 e. The summed E-state index contributed by atoms with van der Waals surface area (Å²) in [5, 5.41) is 3.39. The number of nitrogens with zero attached hydrogens (tertiary/aromatic N) is 1. The highest BCUT2D eigenvalue weighted by atomic mass is 16.5. The summed E-state index contributed by atoms with van der Waals surface area (Å²) in [6.45, 7) is 4.57. The first-order valence-corrected chi connectivity index (χ1v) is 7.05. The summed E-state index contributed by atoms with van der Waals surface area (Å²) in [5.41, 5.74) is 0.990. The highest BCUT2D eigenvalue weighted by Crippen LogP contribution is 2.34. The lowest BCUT2D eigenvalue weighted by molar-refractivity contribution is -0.117. The van der Waals surface area contributed by atoms with E-state index in [9.17, 15) is 4.79 Å². The maximum atomic E-state index is 12.2. The maximum absolute atomic E-state index is 12.2. The first-order chi connectivity index (χ1) is 9.29. The van der Waals surface area contributed by atoms with Crippen molar-refractivity contribution in [1.82, 2.24) is 5.32 Å². The van der Waals surface area contributed by atoms with Crippen molar-refractivity contribution in [1.29, 1.82) is 0 Å². The van der Waals surface area contributed by atoms with Crippen molar-refractivity contribution in [3.63, 3.8) is 0 Å². The minimum Gasteiger partial charge on any atom is -0.494 e. The summed E-state index contributed by atoms with van der Waals surface area (Å²) in [6.07, 6.45) is 1.80. The molecule has 0 aromatic heterocycles. The molecule has 2 saturated heterocycles. The molecular weight excluding hydrogens is 240 g/mol. The molecule has 2 heterocycles. The van der Waals surface area contributed by atoms with Gasteiger partial charge in [0.2, 0.25) is 5.91 Å². The van der Waals surface area contributed by atoms with E-state index in [1.807, 2.05) is 36.1 Å². The minimum absolute atomic E-state index is 0.253. The van der Waals surface area contributed by atoms with Crippen LogP contribution in [0, 0.1) is 5.92 Å². The van der Waals surface area contributed by atoms with Crippen LogP contribution in [0.2, 0.25) is 0 Å². The average molecular weight is 260 g/mol. The van der Waals surface area contributed by atoms with Crippen LogP contribution in [0.4, 0.5) is 5.69 Å². The van der Waals surface area contributed by atoms with Gasteiger partial charge in [0.25, 0.3) is 0 Å². The molecule has 0 saturated carbocycles. The van der Waals surface area contributed by atoms with Crippen LogP contribution in [-0.2, 0) is 4.79 Å². The Balaban J connectivity index is 1.82. The fourth-order valence-corrected chi connectivity index (χ4v) is 3.15. The Kier molecular flexibility index (Phi) is 3.42. The Morgan fingerprint density at radius 2 is 2.16 bits per heavy atom. The fraction of sp³-hybridized carbons (Fsp3) is 0.533. The van der Waals surface area contributed by atoms with Crippen molar-refractivity contribution in [3.8, 4) is 5.75 Å². The Hall–Kier alpha value is -1.55. The van der Waals surface area contributed by atoms with Gasteiger partial charge in [-0.1, -0.05) is 0 Å². The number of fused-ring (bicyclic) bond motifs is 1. The van der Waals surface area contributed by atoms with Crippen LogP contribution in [0.5, 0.6) is 5.75 Å². The van der Waals surface area contributed by atoms with Gasteiger partial charge in [-0.2, -0.15) is 0 Å². The molecule has 1 aromatic rings. The van der Waals surface area contributed by atoms with Gasteiger partial charge in [0.15, 0.2) is 0 Å². The predicted molar refractivity (Wildman–Crippen MR) is 74.5 cm³/mol. The molecule has 2 aliphatic rings. The molecule has 0 radical (unpaired) electrons. The highest BCUT2D eigenvalue weighted by Gasteiger charge is 2.41. The number of piperidine rings is 1. The van der Waals surface area contributed by atoms with E-state index in [0.717, 1.165) is 30.9 Å². The van der Waals surface area contributed by atoms with Crippen LogP contribution in [0.1, 0.15) is 19.8 Å². The zero-order valence-electron chi connectivity index (χ0n) is 11.3. The number of anilines is 1. The van der Waals surface area contributed by atoms with Crippen LogP contribution in [-0.4, -0.2) is 31.6 Å². The molecule has 2 atom stereocenters. The van der Waals surface area contributed by atoms with Gasteiger partial charge < -0.3 is 15.0 Å². The molecule has 0 spiro atoms. The number of nitrogens with one attached hydrogen (secondary N) is 1. The topological polar surface area (TPSA) is 41.6 Å². The summed E-state index contributed by atoms with van der Waals surface area (Å²) in [4.78, 5) is 14.2. The van der Waals surface area contributed by atoms with E-state index in [0.29, 0.717) is 25.0 Å². The van der Waals surface area contributed by atoms with Crippen molar-refractivity contribution in [2.75, 3.05) is 24.6 Å². The normalized spacial score (nSPS) is 26.4. The molecule has 2 unspecified atom stereocenters. The second-order valence-corrected chi connectivity index (χ2v) is 5.22. The number of benzene rings is 1. The van der Waals surface area contributed by atoms with E-state index in [-0.39, 0.29) is 5.91 Å². The predicted octanol–water partition coefficient (Wildman–Crippen LogP) is 1.80. The van der Waals surface area contributed by atoms with Crippen molar-refractivity contribution >= 4 is 11.6 Å². The van der Waals surface area contributed by atoms with Gasteiger partial charge in [0, 0.05) is 18.7 Å². The second-order valence-electron chi connectivity index (χ2n) is 5.22. The average Bonchev–Trinajstić information content (AvgIpc) is 2.76. The number of rotatable bonds is 3. The molecule has 4 nitrogen and oxygen atoms in total. The zero-order chi connectivity index (χ0) is 13.2. The lowest BCUT2D eigenvalue weighted by Crippen LogP contribution is -2.46. The lowest BCUT2D eigenvalue weighted by Gasteiger charge is -2.32. The Morgan fingerprint density at radius 3 is 2.89 bits per heavy atom. The van der Waals surface area contributed by atoms with Crippen molar-refractivity contribution in [3.05, 3.63) is 24.3 Å². The monoisotopic (exact) mass is 260 g/mol. The molecule has 1 N–H and O–H groups in total. The molecule has 19 heavy (non-hydrogen) atoms. The summed E-state index contributed by atoms with van der Waals surface area (Å²) >= 11 is 0. The quantitative estimate of drug-likeness (QED) is 0.901. The van der Waals surface area contributed by atoms with Crippen LogP contribution >= 0.6 is 0 Å². The number of carbonyl (C=O) groups is 1. The first-order valence-electron chi connectivity index (χ1n) is 7.05. The van der Waals surface area contributed by atoms with Crippen molar-refractivity contribution in [2.24, 2.45) is 5.92 Å². The summed E-state index contributed by atoms with van der Waals surface area (Å²) in [6, 6.07) is 8.17. The molecular formula is C15H20N2O2. The van der Waals surface area contributed by atoms with Crippen LogP contribution < -0.4 is 15.0 Å². The Labute approximate surface area is 113 Å². The van der Waals surface area contributed by atoms with E-state index in [1.165, 1.54) is 0 Å². The molecule has 102 valence electrons. The number of ether oxygens (including phenoxy) is 1. The fourth-order valence-electron chi connectivity index (χ4n) is 3.15. The number of hydrogen-bond acceptors (Lipinski definition) is 3. The van der Waals surface area contributed by atoms with E-state index >= 15 is 0 Å². The number of carbonyl (C=O) groups excluding carboxylic acids is 1. The standard InChI is InChI=1S/C15H20N2O2/c1-2-19-13-5-3-12(4-6-13)17-14-10-16-8-7-11(14)9-15(17)18/h3-6,11,14,16H,2,7-10H2,1H3. The Bertz CT molecular complexity index is 458. The van der Waals surface area contributed by atoms with Gasteiger partial charge in [-0.3, -0.25) is 4.79 Å². The molecule has 2 aliphatic heterocycles. The second kappa shape index (κ2) is 5.21. The van der Waals surface area contributed by atoms with Crippen LogP contribution in [0.15, 0.2) is 24.3 Å². The number of hydrogen-bond donors (Lipinski definition) is 1. The third-order valence-electron chi connectivity index (χ3n) is 4.05. The van der Waals surface area contributed by atoms with Crippen molar-refractivity contribution in [2.45, 2.75) is 25.8 Å². The largest absolute Gasteiger partial charge is 0.494 e. The summed E-state index contributed by atoms with van der Waals surface area (Å²) in [5.74, 6) is 1.62. The molecule has 0 bridgehead atoms. The molecule has 3 rings (SSSR count). The molecule has 4 heteroatoms. The van der Waals surface area contributed by atoms with Gasteiger partial charge in [0.1, 0.15) is 5.75 Å². The van der Waals surface area contributed by atoms with Crippen molar-refractivity contribution < 1.29 is 9.53 Å². The third-order valence-corrected chi connectivity index (χ3v) is 4.05. The SMILES string of the molecule is CCOc1ccc(N2C(=O)CC3CCNCC32)cc1. The molecule has 0 aliphatic carbocycles. The van der Waals surface area contributed by atoms with Gasteiger partial charge in [0.05, 0.1) is 12.6 Å². The van der Waals surface area contributed by atoms with Gasteiger partial charge in [-0.15, -0.1) is 0 Å².